The number of carbonyl (C=O) groups is 1. The summed E-state index contributed by atoms with van der Waals surface area (Å²) in [4.78, 5) is 21.0. The number of benzene rings is 1. The third-order valence-corrected chi connectivity index (χ3v) is 1.85. The average Bonchev–Trinajstić information content (AvgIpc) is 2.34. The van der Waals surface area contributed by atoms with Gasteiger partial charge in [0.15, 0.2) is 6.61 Å². The van der Waals surface area contributed by atoms with Crippen LogP contribution in [0.15, 0.2) is 24.3 Å². The Morgan fingerprint density at radius 2 is 2.06 bits per heavy atom. The SMILES string of the molecule is O=C(COc1ccc([N+](=O)[O-])cc1)NCCO. The largest absolute Gasteiger partial charge is 0.484 e. The normalized spacial score (nSPS) is 9.71. The van der Waals surface area contributed by atoms with Crippen LogP contribution in [0.4, 0.5) is 5.69 Å². The first kappa shape index (κ1) is 12.9. The maximum Gasteiger partial charge on any atom is 0.269 e. The summed E-state index contributed by atoms with van der Waals surface area (Å²) in [5, 5.41) is 21.2. The minimum atomic E-state index is -0.516. The van der Waals surface area contributed by atoms with Gasteiger partial charge in [-0.05, 0) is 12.1 Å². The number of hydrogen-bond acceptors (Lipinski definition) is 5. The van der Waals surface area contributed by atoms with Gasteiger partial charge in [0.1, 0.15) is 5.75 Å². The van der Waals surface area contributed by atoms with Crippen LogP contribution in [0.2, 0.25) is 0 Å². The molecule has 2 N–H and O–H groups in total. The molecule has 0 aromatic heterocycles. The molecular weight excluding hydrogens is 228 g/mol. The number of aliphatic hydroxyl groups excluding tert-OH is 1. The molecule has 7 heteroatoms. The van der Waals surface area contributed by atoms with Gasteiger partial charge in [0.25, 0.3) is 11.6 Å². The fraction of sp³-hybridized carbons (Fsp3) is 0.300. The maximum absolute atomic E-state index is 11.1. The Bertz CT molecular complexity index is 390. The molecule has 0 aliphatic heterocycles. The van der Waals surface area contributed by atoms with Crippen LogP contribution in [0.5, 0.6) is 5.75 Å². The van der Waals surface area contributed by atoms with Crippen molar-refractivity contribution in [2.75, 3.05) is 19.8 Å². The van der Waals surface area contributed by atoms with Gasteiger partial charge in [-0.2, -0.15) is 0 Å². The molecule has 0 aliphatic rings. The summed E-state index contributed by atoms with van der Waals surface area (Å²) < 4.78 is 5.08. The number of amides is 1. The van der Waals surface area contributed by atoms with Crippen LogP contribution in [0.1, 0.15) is 0 Å². The molecule has 0 radical (unpaired) electrons. The molecule has 1 rings (SSSR count). The standard InChI is InChI=1S/C10H12N2O5/c13-6-5-11-10(14)7-17-9-3-1-8(2-4-9)12(15)16/h1-4,13H,5-7H2,(H,11,14). The van der Waals surface area contributed by atoms with Crippen molar-refractivity contribution in [2.24, 2.45) is 0 Å². The lowest BCUT2D eigenvalue weighted by molar-refractivity contribution is -0.384. The van der Waals surface area contributed by atoms with Crippen LogP contribution in [-0.2, 0) is 4.79 Å². The second kappa shape index (κ2) is 6.44. The predicted octanol–water partition coefficient (Wildman–Crippen LogP) is 0.0821. The van der Waals surface area contributed by atoms with E-state index in [9.17, 15) is 14.9 Å². The smallest absolute Gasteiger partial charge is 0.269 e. The zero-order valence-electron chi connectivity index (χ0n) is 8.96. The van der Waals surface area contributed by atoms with E-state index in [1.165, 1.54) is 24.3 Å². The first-order valence-electron chi connectivity index (χ1n) is 4.88. The zero-order chi connectivity index (χ0) is 12.7. The third-order valence-electron chi connectivity index (χ3n) is 1.85. The summed E-state index contributed by atoms with van der Waals surface area (Å²) in [5.74, 6) is 0.00662. The zero-order valence-corrected chi connectivity index (χ0v) is 8.96. The fourth-order valence-electron chi connectivity index (χ4n) is 1.06. The highest BCUT2D eigenvalue weighted by Crippen LogP contribution is 2.16. The maximum atomic E-state index is 11.1. The van der Waals surface area contributed by atoms with Crippen molar-refractivity contribution < 1.29 is 19.6 Å². The highest BCUT2D eigenvalue weighted by Gasteiger charge is 2.05. The Morgan fingerprint density at radius 3 is 2.59 bits per heavy atom. The lowest BCUT2D eigenvalue weighted by atomic mass is 10.3. The van der Waals surface area contributed by atoms with Gasteiger partial charge in [0.2, 0.25) is 0 Å². The number of carbonyl (C=O) groups excluding carboxylic acids is 1. The lowest BCUT2D eigenvalue weighted by Crippen LogP contribution is -2.31. The first-order valence-corrected chi connectivity index (χ1v) is 4.88. The van der Waals surface area contributed by atoms with Crippen molar-refractivity contribution >= 4 is 11.6 Å². The van der Waals surface area contributed by atoms with Crippen molar-refractivity contribution in [3.05, 3.63) is 34.4 Å². The van der Waals surface area contributed by atoms with Crippen molar-refractivity contribution in [3.63, 3.8) is 0 Å². The van der Waals surface area contributed by atoms with Crippen LogP contribution >= 0.6 is 0 Å². The molecule has 0 heterocycles. The van der Waals surface area contributed by atoms with Crippen LogP contribution in [0.25, 0.3) is 0 Å². The molecular formula is C10H12N2O5. The van der Waals surface area contributed by atoms with E-state index in [0.717, 1.165) is 0 Å². The molecule has 1 aromatic rings. The second-order valence-electron chi connectivity index (χ2n) is 3.11. The Labute approximate surface area is 97.2 Å². The summed E-state index contributed by atoms with van der Waals surface area (Å²) in [6.07, 6.45) is 0. The molecule has 0 saturated carbocycles. The number of nitro benzene ring substituents is 1. The van der Waals surface area contributed by atoms with Crippen LogP contribution in [0, 0.1) is 10.1 Å². The molecule has 1 aromatic carbocycles. The summed E-state index contributed by atoms with van der Waals surface area (Å²) >= 11 is 0. The van der Waals surface area contributed by atoms with Crippen LogP contribution in [-0.4, -0.2) is 35.7 Å². The molecule has 1 amide bonds. The molecule has 0 atom stereocenters. The molecule has 0 bridgehead atoms. The van der Waals surface area contributed by atoms with E-state index in [4.69, 9.17) is 9.84 Å². The van der Waals surface area contributed by atoms with E-state index in [-0.39, 0.29) is 31.4 Å². The topological polar surface area (TPSA) is 102 Å². The summed E-state index contributed by atoms with van der Waals surface area (Å²) in [6.45, 7) is -0.163. The predicted molar refractivity (Wildman–Crippen MR) is 58.7 cm³/mol. The molecule has 0 unspecified atom stereocenters. The van der Waals surface area contributed by atoms with Crippen molar-refractivity contribution in [1.82, 2.24) is 5.32 Å². The van der Waals surface area contributed by atoms with Gasteiger partial charge in [-0.1, -0.05) is 0 Å². The quantitative estimate of drug-likeness (QED) is 0.541. The van der Waals surface area contributed by atoms with Gasteiger partial charge < -0.3 is 15.2 Å². The number of rotatable bonds is 6. The minimum Gasteiger partial charge on any atom is -0.484 e. The highest BCUT2D eigenvalue weighted by atomic mass is 16.6. The molecule has 0 saturated heterocycles. The average molecular weight is 240 g/mol. The fourth-order valence-corrected chi connectivity index (χ4v) is 1.06. The number of hydrogen-bond donors (Lipinski definition) is 2. The Kier molecular flexibility index (Phi) is 4.89. The molecule has 0 aliphatic carbocycles. The van der Waals surface area contributed by atoms with Crippen molar-refractivity contribution in [1.29, 1.82) is 0 Å². The van der Waals surface area contributed by atoms with E-state index in [2.05, 4.69) is 5.32 Å². The number of non-ortho nitro benzene ring substituents is 1. The molecule has 17 heavy (non-hydrogen) atoms. The molecule has 0 fully saturated rings. The van der Waals surface area contributed by atoms with Gasteiger partial charge >= 0.3 is 0 Å². The van der Waals surface area contributed by atoms with Gasteiger partial charge in [-0.15, -0.1) is 0 Å². The first-order chi connectivity index (χ1) is 8.13. The van der Waals surface area contributed by atoms with Crippen molar-refractivity contribution in [2.45, 2.75) is 0 Å². The van der Waals surface area contributed by atoms with Gasteiger partial charge in [0.05, 0.1) is 11.5 Å². The Hall–Kier alpha value is -2.15. The molecule has 7 nitrogen and oxygen atoms in total. The summed E-state index contributed by atoms with van der Waals surface area (Å²) in [5.41, 5.74) is -0.0397. The number of nitrogens with zero attached hydrogens (tertiary/aromatic N) is 1. The van der Waals surface area contributed by atoms with E-state index in [1.807, 2.05) is 0 Å². The number of nitro groups is 1. The van der Waals surface area contributed by atoms with Gasteiger partial charge in [-0.25, -0.2) is 0 Å². The molecule has 92 valence electrons. The van der Waals surface area contributed by atoms with Gasteiger partial charge in [-0.3, -0.25) is 14.9 Å². The lowest BCUT2D eigenvalue weighted by Gasteiger charge is -2.05. The summed E-state index contributed by atoms with van der Waals surface area (Å²) in [6, 6.07) is 5.41. The number of aliphatic hydroxyl groups is 1. The summed E-state index contributed by atoms with van der Waals surface area (Å²) in [7, 11) is 0. The Morgan fingerprint density at radius 1 is 1.41 bits per heavy atom. The monoisotopic (exact) mass is 240 g/mol. The van der Waals surface area contributed by atoms with Crippen LogP contribution in [0.3, 0.4) is 0 Å². The van der Waals surface area contributed by atoms with Crippen LogP contribution < -0.4 is 10.1 Å². The molecule has 0 spiro atoms. The number of ether oxygens (including phenoxy) is 1. The van der Waals surface area contributed by atoms with Gasteiger partial charge in [0, 0.05) is 18.7 Å². The second-order valence-corrected chi connectivity index (χ2v) is 3.11. The van der Waals surface area contributed by atoms with E-state index < -0.39 is 4.92 Å². The minimum absolute atomic E-state index is 0.0397. The van der Waals surface area contributed by atoms with E-state index in [1.54, 1.807) is 0 Å². The van der Waals surface area contributed by atoms with E-state index >= 15 is 0 Å². The van der Waals surface area contributed by atoms with E-state index in [0.29, 0.717) is 5.75 Å². The Balaban J connectivity index is 2.42. The highest BCUT2D eigenvalue weighted by molar-refractivity contribution is 5.77. The van der Waals surface area contributed by atoms with Crippen molar-refractivity contribution in [3.8, 4) is 5.75 Å². The third kappa shape index (κ3) is 4.47. The number of nitrogens with one attached hydrogen (secondary N) is 1.